The molecule has 1 aromatic carbocycles. The highest BCUT2D eigenvalue weighted by molar-refractivity contribution is 5.78. The second kappa shape index (κ2) is 6.89. The molecule has 0 aliphatic carbocycles. The van der Waals surface area contributed by atoms with Crippen LogP contribution >= 0.6 is 0 Å². The standard InChI is InChI=1S/C16H20N2O2/c1-18-12-14(11-17-18)4-8-15(19)7-3-13-5-9-16(20-2)10-6-13/h5-6,9-12H,3-4,7-8H2,1-2H3. The fraction of sp³-hybridized carbons (Fsp3) is 0.375. The third-order valence-corrected chi connectivity index (χ3v) is 3.30. The van der Waals surface area contributed by atoms with Crippen molar-refractivity contribution in [2.75, 3.05) is 7.11 Å². The van der Waals surface area contributed by atoms with E-state index >= 15 is 0 Å². The highest BCUT2D eigenvalue weighted by Gasteiger charge is 2.05. The van der Waals surface area contributed by atoms with E-state index in [0.717, 1.165) is 24.2 Å². The smallest absolute Gasteiger partial charge is 0.133 e. The molecule has 1 heterocycles. The van der Waals surface area contributed by atoms with Crippen molar-refractivity contribution in [1.82, 2.24) is 9.78 Å². The first-order chi connectivity index (χ1) is 9.67. The van der Waals surface area contributed by atoms with E-state index < -0.39 is 0 Å². The lowest BCUT2D eigenvalue weighted by Gasteiger charge is -2.03. The monoisotopic (exact) mass is 272 g/mol. The van der Waals surface area contributed by atoms with Crippen molar-refractivity contribution < 1.29 is 9.53 Å². The molecule has 0 saturated heterocycles. The van der Waals surface area contributed by atoms with Crippen LogP contribution in [0.3, 0.4) is 0 Å². The molecular weight excluding hydrogens is 252 g/mol. The van der Waals surface area contributed by atoms with Crippen molar-refractivity contribution in [1.29, 1.82) is 0 Å². The summed E-state index contributed by atoms with van der Waals surface area (Å²) in [5.74, 6) is 1.14. The molecule has 0 saturated carbocycles. The van der Waals surface area contributed by atoms with Crippen LogP contribution in [0.4, 0.5) is 0 Å². The molecule has 20 heavy (non-hydrogen) atoms. The van der Waals surface area contributed by atoms with Crippen LogP contribution in [0.1, 0.15) is 24.0 Å². The summed E-state index contributed by atoms with van der Waals surface area (Å²) in [6.45, 7) is 0. The number of aromatic nitrogens is 2. The predicted molar refractivity (Wildman–Crippen MR) is 77.9 cm³/mol. The Labute approximate surface area is 119 Å². The van der Waals surface area contributed by atoms with Gasteiger partial charge in [-0.2, -0.15) is 5.10 Å². The van der Waals surface area contributed by atoms with Gasteiger partial charge in [0.1, 0.15) is 11.5 Å². The first kappa shape index (κ1) is 14.3. The summed E-state index contributed by atoms with van der Waals surface area (Å²) >= 11 is 0. The number of rotatable bonds is 7. The number of ether oxygens (including phenoxy) is 1. The highest BCUT2D eigenvalue weighted by Crippen LogP contribution is 2.13. The second-order valence-electron chi connectivity index (χ2n) is 4.91. The van der Waals surface area contributed by atoms with E-state index in [2.05, 4.69) is 5.10 Å². The van der Waals surface area contributed by atoms with Gasteiger partial charge < -0.3 is 4.74 Å². The number of methoxy groups -OCH3 is 1. The van der Waals surface area contributed by atoms with Crippen molar-refractivity contribution in [2.24, 2.45) is 7.05 Å². The molecule has 2 rings (SSSR count). The quantitative estimate of drug-likeness (QED) is 0.778. The predicted octanol–water partition coefficient (Wildman–Crippen LogP) is 2.56. The van der Waals surface area contributed by atoms with Gasteiger partial charge in [-0.15, -0.1) is 0 Å². The van der Waals surface area contributed by atoms with Crippen LogP contribution in [0.5, 0.6) is 5.75 Å². The fourth-order valence-corrected chi connectivity index (χ4v) is 2.09. The van der Waals surface area contributed by atoms with Crippen molar-refractivity contribution in [3.63, 3.8) is 0 Å². The van der Waals surface area contributed by atoms with Crippen molar-refractivity contribution in [2.45, 2.75) is 25.7 Å². The Kier molecular flexibility index (Phi) is 4.93. The van der Waals surface area contributed by atoms with Gasteiger partial charge in [-0.3, -0.25) is 9.48 Å². The van der Waals surface area contributed by atoms with Crippen LogP contribution in [0, 0.1) is 0 Å². The maximum absolute atomic E-state index is 11.9. The Hall–Kier alpha value is -2.10. The third kappa shape index (κ3) is 4.23. The van der Waals surface area contributed by atoms with Crippen molar-refractivity contribution >= 4 is 5.78 Å². The Balaban J connectivity index is 1.74. The number of ketones is 1. The molecule has 0 N–H and O–H groups in total. The van der Waals surface area contributed by atoms with E-state index in [-0.39, 0.29) is 0 Å². The van der Waals surface area contributed by atoms with Gasteiger partial charge >= 0.3 is 0 Å². The molecule has 0 fully saturated rings. The van der Waals surface area contributed by atoms with Gasteiger partial charge in [-0.25, -0.2) is 0 Å². The molecule has 1 aromatic heterocycles. The van der Waals surface area contributed by atoms with E-state index in [1.165, 1.54) is 5.56 Å². The Morgan fingerprint density at radius 3 is 2.35 bits per heavy atom. The molecule has 0 aliphatic heterocycles. The second-order valence-corrected chi connectivity index (χ2v) is 4.91. The maximum atomic E-state index is 11.9. The zero-order valence-electron chi connectivity index (χ0n) is 12.0. The summed E-state index contributed by atoms with van der Waals surface area (Å²) in [6.07, 6.45) is 6.51. The van der Waals surface area contributed by atoms with Gasteiger partial charge in [-0.05, 0) is 36.1 Å². The Morgan fingerprint density at radius 1 is 1.15 bits per heavy atom. The molecule has 0 atom stereocenters. The lowest BCUT2D eigenvalue weighted by molar-refractivity contribution is -0.119. The summed E-state index contributed by atoms with van der Waals surface area (Å²) in [5.41, 5.74) is 2.28. The highest BCUT2D eigenvalue weighted by atomic mass is 16.5. The molecule has 0 spiro atoms. The minimum atomic E-state index is 0.296. The zero-order chi connectivity index (χ0) is 14.4. The number of hydrogen-bond donors (Lipinski definition) is 0. The molecule has 106 valence electrons. The number of carbonyl (C=O) groups is 1. The topological polar surface area (TPSA) is 44.1 Å². The largest absolute Gasteiger partial charge is 0.497 e. The number of carbonyl (C=O) groups excluding carboxylic acids is 1. The number of benzene rings is 1. The van der Waals surface area contributed by atoms with Crippen LogP contribution in [0.15, 0.2) is 36.7 Å². The van der Waals surface area contributed by atoms with Crippen LogP contribution in [-0.2, 0) is 24.7 Å². The maximum Gasteiger partial charge on any atom is 0.133 e. The molecule has 4 heteroatoms. The van der Waals surface area contributed by atoms with E-state index in [0.29, 0.717) is 18.6 Å². The third-order valence-electron chi connectivity index (χ3n) is 3.30. The first-order valence-electron chi connectivity index (χ1n) is 6.79. The van der Waals surface area contributed by atoms with Gasteiger partial charge in [0.2, 0.25) is 0 Å². The normalized spacial score (nSPS) is 10.5. The van der Waals surface area contributed by atoms with Gasteiger partial charge in [-0.1, -0.05) is 12.1 Å². The summed E-state index contributed by atoms with van der Waals surface area (Å²) in [7, 11) is 3.53. The van der Waals surface area contributed by atoms with Gasteiger partial charge in [0.15, 0.2) is 0 Å². The number of nitrogens with zero attached hydrogens (tertiary/aromatic N) is 2. The van der Waals surface area contributed by atoms with Gasteiger partial charge in [0.05, 0.1) is 13.3 Å². The summed E-state index contributed by atoms with van der Waals surface area (Å²) in [5, 5.41) is 4.10. The van der Waals surface area contributed by atoms with E-state index in [1.807, 2.05) is 43.7 Å². The molecule has 0 aliphatic rings. The molecule has 0 radical (unpaired) electrons. The average Bonchev–Trinajstić information content (AvgIpc) is 2.89. The SMILES string of the molecule is COc1ccc(CCC(=O)CCc2cnn(C)c2)cc1. The zero-order valence-corrected chi connectivity index (χ0v) is 12.0. The fourth-order valence-electron chi connectivity index (χ4n) is 2.09. The number of Topliss-reactive ketones (excluding diaryl/α,β-unsaturated/α-hetero) is 1. The molecule has 4 nitrogen and oxygen atoms in total. The Bertz CT molecular complexity index is 558. The lowest BCUT2D eigenvalue weighted by atomic mass is 10.0. The van der Waals surface area contributed by atoms with Crippen molar-refractivity contribution in [3.8, 4) is 5.75 Å². The molecule has 0 bridgehead atoms. The molecule has 0 amide bonds. The molecular formula is C16H20N2O2. The lowest BCUT2D eigenvalue weighted by Crippen LogP contribution is -2.02. The van der Waals surface area contributed by atoms with Gasteiger partial charge in [0, 0.05) is 26.1 Å². The minimum Gasteiger partial charge on any atom is -0.497 e. The molecule has 0 unspecified atom stereocenters. The summed E-state index contributed by atoms with van der Waals surface area (Å²) in [6, 6.07) is 7.87. The van der Waals surface area contributed by atoms with E-state index in [9.17, 15) is 4.79 Å². The van der Waals surface area contributed by atoms with Crippen LogP contribution < -0.4 is 4.74 Å². The summed E-state index contributed by atoms with van der Waals surface area (Å²) in [4.78, 5) is 11.9. The first-order valence-corrected chi connectivity index (χ1v) is 6.79. The van der Waals surface area contributed by atoms with E-state index in [1.54, 1.807) is 11.8 Å². The van der Waals surface area contributed by atoms with E-state index in [4.69, 9.17) is 4.74 Å². The summed E-state index contributed by atoms with van der Waals surface area (Å²) < 4.78 is 6.87. The van der Waals surface area contributed by atoms with Gasteiger partial charge in [0.25, 0.3) is 0 Å². The van der Waals surface area contributed by atoms with Crippen LogP contribution in [0.25, 0.3) is 0 Å². The number of aryl methyl sites for hydroxylation is 3. The average molecular weight is 272 g/mol. The van der Waals surface area contributed by atoms with Crippen molar-refractivity contribution in [3.05, 3.63) is 47.8 Å². The van der Waals surface area contributed by atoms with Crippen LogP contribution in [-0.4, -0.2) is 22.7 Å². The van der Waals surface area contributed by atoms with Crippen LogP contribution in [0.2, 0.25) is 0 Å². The number of hydrogen-bond acceptors (Lipinski definition) is 3. The minimum absolute atomic E-state index is 0.296. The Morgan fingerprint density at radius 2 is 1.80 bits per heavy atom. The molecule has 2 aromatic rings.